The first-order valence-corrected chi connectivity index (χ1v) is 7.38. The van der Waals surface area contributed by atoms with E-state index in [1.54, 1.807) is 14.2 Å². The second-order valence-electron chi connectivity index (χ2n) is 6.31. The fourth-order valence-corrected chi connectivity index (χ4v) is 3.19. The van der Waals surface area contributed by atoms with E-state index in [2.05, 4.69) is 25.2 Å². The number of fused-ring (bicyclic) bond motifs is 1. The molecule has 4 nitrogen and oxygen atoms in total. The summed E-state index contributed by atoms with van der Waals surface area (Å²) >= 11 is 0. The van der Waals surface area contributed by atoms with Crippen LogP contribution < -0.4 is 10.1 Å². The minimum Gasteiger partial charge on any atom is -0.493 e. The smallest absolute Gasteiger partial charge is 0.176 e. The maximum atomic E-state index is 5.91. The molecule has 1 N–H and O–H groups in total. The summed E-state index contributed by atoms with van der Waals surface area (Å²) < 4.78 is 16.7. The van der Waals surface area contributed by atoms with Crippen LogP contribution in [0.1, 0.15) is 26.0 Å². The lowest BCUT2D eigenvalue weighted by Gasteiger charge is -2.51. The second-order valence-corrected chi connectivity index (χ2v) is 6.31. The fraction of sp³-hybridized carbons (Fsp3) is 0.529. The maximum Gasteiger partial charge on any atom is 0.176 e. The largest absolute Gasteiger partial charge is 0.493 e. The van der Waals surface area contributed by atoms with E-state index in [4.69, 9.17) is 13.9 Å². The Kier molecular flexibility index (Phi) is 3.68. The molecular weight excluding hydrogens is 266 g/mol. The third-order valence-electron chi connectivity index (χ3n) is 4.76. The van der Waals surface area contributed by atoms with E-state index < -0.39 is 0 Å². The lowest BCUT2D eigenvalue weighted by molar-refractivity contribution is -0.0982. The van der Waals surface area contributed by atoms with Gasteiger partial charge in [0.05, 0.1) is 19.8 Å². The van der Waals surface area contributed by atoms with Gasteiger partial charge in [-0.3, -0.25) is 0 Å². The van der Waals surface area contributed by atoms with Gasteiger partial charge in [0.2, 0.25) is 0 Å². The summed E-state index contributed by atoms with van der Waals surface area (Å²) in [5, 5.41) is 4.65. The Bertz CT molecular complexity index is 632. The van der Waals surface area contributed by atoms with Gasteiger partial charge in [0.25, 0.3) is 0 Å². The van der Waals surface area contributed by atoms with Crippen LogP contribution in [0.25, 0.3) is 11.0 Å². The van der Waals surface area contributed by atoms with Crippen LogP contribution >= 0.6 is 0 Å². The summed E-state index contributed by atoms with van der Waals surface area (Å²) in [7, 11) is 3.45. The topological polar surface area (TPSA) is 43.6 Å². The number of ether oxygens (including phenoxy) is 2. The van der Waals surface area contributed by atoms with Gasteiger partial charge in [-0.2, -0.15) is 0 Å². The standard InChI is InChI=1S/C17H23NO3/c1-17(2)14(9-15(17)20-4)18-10-12-8-11-6-5-7-13(19-3)16(11)21-12/h5-8,14-15,18H,9-10H2,1-4H3. The highest BCUT2D eigenvalue weighted by Crippen LogP contribution is 2.42. The molecule has 0 amide bonds. The third kappa shape index (κ3) is 2.43. The van der Waals surface area contributed by atoms with Gasteiger partial charge in [-0.15, -0.1) is 0 Å². The molecule has 0 aliphatic heterocycles. The minimum absolute atomic E-state index is 0.165. The molecule has 1 aliphatic rings. The molecule has 0 bridgehead atoms. The van der Waals surface area contributed by atoms with Gasteiger partial charge >= 0.3 is 0 Å². The Hall–Kier alpha value is -1.52. The summed E-state index contributed by atoms with van der Waals surface area (Å²) in [6, 6.07) is 8.47. The molecule has 1 heterocycles. The van der Waals surface area contributed by atoms with E-state index in [0.717, 1.165) is 35.4 Å². The summed E-state index contributed by atoms with van der Waals surface area (Å²) in [5.74, 6) is 1.72. The highest BCUT2D eigenvalue weighted by molar-refractivity contribution is 5.83. The number of nitrogens with one attached hydrogen (secondary N) is 1. The Balaban J connectivity index is 1.69. The minimum atomic E-state index is 0.165. The SMILES string of the molecule is COc1cccc2cc(CNC3CC(OC)C3(C)C)oc12. The van der Waals surface area contributed by atoms with E-state index in [-0.39, 0.29) is 5.41 Å². The van der Waals surface area contributed by atoms with Gasteiger partial charge < -0.3 is 19.2 Å². The van der Waals surface area contributed by atoms with Crippen LogP contribution in [0, 0.1) is 5.41 Å². The molecule has 0 saturated heterocycles. The van der Waals surface area contributed by atoms with Gasteiger partial charge in [-0.05, 0) is 18.6 Å². The molecule has 1 aromatic carbocycles. The average molecular weight is 289 g/mol. The predicted octanol–water partition coefficient (Wildman–Crippen LogP) is 3.34. The van der Waals surface area contributed by atoms with Crippen LogP contribution in [0.2, 0.25) is 0 Å². The Morgan fingerprint density at radius 3 is 2.81 bits per heavy atom. The van der Waals surface area contributed by atoms with Crippen LogP contribution in [-0.4, -0.2) is 26.4 Å². The van der Waals surface area contributed by atoms with Gasteiger partial charge in [-0.25, -0.2) is 0 Å². The molecule has 1 aliphatic carbocycles. The van der Waals surface area contributed by atoms with Crippen molar-refractivity contribution in [1.82, 2.24) is 5.32 Å². The first kappa shape index (κ1) is 14.4. The molecule has 2 unspecified atom stereocenters. The zero-order valence-electron chi connectivity index (χ0n) is 13.1. The first-order valence-electron chi connectivity index (χ1n) is 7.38. The molecule has 1 aromatic heterocycles. The molecule has 2 aromatic rings. The normalized spacial score (nSPS) is 24.0. The summed E-state index contributed by atoms with van der Waals surface area (Å²) in [4.78, 5) is 0. The van der Waals surface area contributed by atoms with Crippen molar-refractivity contribution in [2.45, 2.75) is 39.0 Å². The molecule has 4 heteroatoms. The molecule has 21 heavy (non-hydrogen) atoms. The van der Waals surface area contributed by atoms with E-state index in [1.807, 2.05) is 18.2 Å². The number of rotatable bonds is 5. The van der Waals surface area contributed by atoms with Crippen molar-refractivity contribution in [3.05, 3.63) is 30.0 Å². The molecule has 114 valence electrons. The second kappa shape index (κ2) is 5.35. The number of furan rings is 1. The summed E-state index contributed by atoms with van der Waals surface area (Å²) in [6.45, 7) is 5.20. The molecule has 0 spiro atoms. The molecule has 1 fully saturated rings. The lowest BCUT2D eigenvalue weighted by Crippen LogP contribution is -2.60. The van der Waals surface area contributed by atoms with Crippen LogP contribution in [-0.2, 0) is 11.3 Å². The van der Waals surface area contributed by atoms with E-state index in [1.165, 1.54) is 0 Å². The molecule has 0 radical (unpaired) electrons. The molecule has 2 atom stereocenters. The van der Waals surface area contributed by atoms with Crippen molar-refractivity contribution in [2.24, 2.45) is 5.41 Å². The summed E-state index contributed by atoms with van der Waals surface area (Å²) in [5.41, 5.74) is 0.984. The van der Waals surface area contributed by atoms with Gasteiger partial charge in [0.15, 0.2) is 11.3 Å². The number of para-hydroxylation sites is 1. The van der Waals surface area contributed by atoms with E-state index in [9.17, 15) is 0 Å². The maximum absolute atomic E-state index is 5.91. The van der Waals surface area contributed by atoms with Crippen molar-refractivity contribution in [2.75, 3.05) is 14.2 Å². The quantitative estimate of drug-likeness (QED) is 0.916. The predicted molar refractivity (Wildman–Crippen MR) is 82.6 cm³/mol. The number of hydrogen-bond acceptors (Lipinski definition) is 4. The number of benzene rings is 1. The number of methoxy groups -OCH3 is 2. The highest BCUT2D eigenvalue weighted by atomic mass is 16.5. The van der Waals surface area contributed by atoms with Gasteiger partial charge in [0.1, 0.15) is 5.76 Å². The fourth-order valence-electron chi connectivity index (χ4n) is 3.19. The van der Waals surface area contributed by atoms with E-state index in [0.29, 0.717) is 12.1 Å². The van der Waals surface area contributed by atoms with Crippen LogP contribution in [0.5, 0.6) is 5.75 Å². The first-order chi connectivity index (χ1) is 10.1. The van der Waals surface area contributed by atoms with Gasteiger partial charge in [0, 0.05) is 24.0 Å². The van der Waals surface area contributed by atoms with Crippen molar-refractivity contribution >= 4 is 11.0 Å². The van der Waals surface area contributed by atoms with Crippen LogP contribution in [0.4, 0.5) is 0 Å². The Morgan fingerprint density at radius 2 is 2.14 bits per heavy atom. The zero-order valence-corrected chi connectivity index (χ0v) is 13.1. The Morgan fingerprint density at radius 1 is 1.33 bits per heavy atom. The monoisotopic (exact) mass is 289 g/mol. The average Bonchev–Trinajstić information content (AvgIpc) is 2.88. The summed E-state index contributed by atoms with van der Waals surface area (Å²) in [6.07, 6.45) is 1.39. The molecule has 3 rings (SSSR count). The van der Waals surface area contributed by atoms with Crippen molar-refractivity contribution in [3.8, 4) is 5.75 Å². The van der Waals surface area contributed by atoms with Crippen LogP contribution in [0.3, 0.4) is 0 Å². The van der Waals surface area contributed by atoms with Crippen molar-refractivity contribution < 1.29 is 13.9 Å². The zero-order chi connectivity index (χ0) is 15.0. The molecule has 1 saturated carbocycles. The van der Waals surface area contributed by atoms with Gasteiger partial charge in [-0.1, -0.05) is 26.0 Å². The highest BCUT2D eigenvalue weighted by Gasteiger charge is 2.48. The third-order valence-corrected chi connectivity index (χ3v) is 4.76. The van der Waals surface area contributed by atoms with Crippen molar-refractivity contribution in [1.29, 1.82) is 0 Å². The van der Waals surface area contributed by atoms with Crippen molar-refractivity contribution in [3.63, 3.8) is 0 Å². The van der Waals surface area contributed by atoms with Crippen LogP contribution in [0.15, 0.2) is 28.7 Å². The lowest BCUT2D eigenvalue weighted by atomic mass is 9.64. The Labute approximate surface area is 125 Å². The molecular formula is C17H23NO3. The number of hydrogen-bond donors (Lipinski definition) is 1. The van der Waals surface area contributed by atoms with E-state index >= 15 is 0 Å².